The number of nitrogen functional groups attached to an aromatic ring is 1. The van der Waals surface area contributed by atoms with Crippen molar-refractivity contribution in [3.8, 4) is 11.5 Å². The molecule has 6 N–H and O–H groups in total. The van der Waals surface area contributed by atoms with Gasteiger partial charge < -0.3 is 35.0 Å². The molecule has 14 nitrogen and oxygen atoms in total. The molecule has 2 aromatic heterocycles. The summed E-state index contributed by atoms with van der Waals surface area (Å²) in [4.78, 5) is 47.7. The zero-order chi connectivity index (χ0) is 33.1. The fourth-order valence-corrected chi connectivity index (χ4v) is 5.07. The van der Waals surface area contributed by atoms with Gasteiger partial charge in [-0.15, -0.1) is 0 Å². The molecule has 0 radical (unpaired) electrons. The average molecular weight is 638 g/mol. The molecule has 1 aliphatic heterocycles. The van der Waals surface area contributed by atoms with Crippen molar-refractivity contribution in [3.63, 3.8) is 0 Å². The largest absolute Gasteiger partial charge is 0.477 e. The Labute approximate surface area is 254 Å². The number of hydrogen-bond donors (Lipinski definition) is 5. The van der Waals surface area contributed by atoms with E-state index in [2.05, 4.69) is 4.98 Å². The number of hydrogen-bond acceptors (Lipinski definition) is 9. The Kier molecular flexibility index (Phi) is 9.25. The van der Waals surface area contributed by atoms with Crippen LogP contribution in [0.4, 0.5) is 5.69 Å². The number of aromatic amines is 1. The first-order valence-electron chi connectivity index (χ1n) is 13.1. The maximum Gasteiger partial charge on any atom is 0.352 e. The highest BCUT2D eigenvalue weighted by atomic mass is 32.2. The lowest BCUT2D eigenvalue weighted by molar-refractivity contribution is 0.0682. The molecule has 0 bridgehead atoms. The number of carboxylic acids is 2. The number of carboxylic acid groups (broad SMARTS) is 2. The SMILES string of the molecule is CCn1cc(C(=O)O)c(=O)c2cc3c(cc21)OCO3.Cc1ccc(N)c(S(=O)(=O)O)c1.O=C(O)c1cc(=O)c2ccccc2[nH]1. The van der Waals surface area contributed by atoms with Crippen LogP contribution in [0.3, 0.4) is 0 Å². The molecule has 1 aliphatic rings. The van der Waals surface area contributed by atoms with E-state index >= 15 is 0 Å². The molecule has 0 fully saturated rings. The first-order valence-corrected chi connectivity index (χ1v) is 14.5. The maximum atomic E-state index is 12.1. The number of carbonyl (C=O) groups is 2. The Morgan fingerprint density at radius 1 is 0.956 bits per heavy atom. The van der Waals surface area contributed by atoms with Gasteiger partial charge in [-0.2, -0.15) is 8.42 Å². The van der Waals surface area contributed by atoms with Crippen molar-refractivity contribution < 1.29 is 42.2 Å². The molecule has 0 saturated carbocycles. The molecule has 0 unspecified atom stereocenters. The minimum absolute atomic E-state index is 0.0584. The third kappa shape index (κ3) is 7.11. The van der Waals surface area contributed by atoms with E-state index in [9.17, 15) is 27.6 Å². The van der Waals surface area contributed by atoms with E-state index < -0.39 is 27.5 Å². The van der Waals surface area contributed by atoms with Crippen molar-refractivity contribution >= 4 is 49.5 Å². The lowest BCUT2D eigenvalue weighted by Gasteiger charge is -2.10. The van der Waals surface area contributed by atoms with E-state index in [-0.39, 0.29) is 34.1 Å². The molecule has 0 aliphatic carbocycles. The lowest BCUT2D eigenvalue weighted by atomic mass is 10.1. The van der Waals surface area contributed by atoms with Crippen LogP contribution in [0.5, 0.6) is 11.5 Å². The molecule has 5 aromatic rings. The number of nitrogens with two attached hydrogens (primary N) is 1. The van der Waals surface area contributed by atoms with Crippen molar-refractivity contribution in [2.75, 3.05) is 12.5 Å². The summed E-state index contributed by atoms with van der Waals surface area (Å²) < 4.78 is 42.2. The number of fused-ring (bicyclic) bond motifs is 3. The monoisotopic (exact) mass is 637 g/mol. The van der Waals surface area contributed by atoms with E-state index in [0.717, 1.165) is 11.6 Å². The summed E-state index contributed by atoms with van der Waals surface area (Å²) in [6, 6.07) is 15.6. The van der Waals surface area contributed by atoms with Crippen LogP contribution in [0, 0.1) is 6.92 Å². The number of aromatic carboxylic acids is 2. The van der Waals surface area contributed by atoms with Crippen molar-refractivity contribution in [2.24, 2.45) is 0 Å². The smallest absolute Gasteiger partial charge is 0.352 e. The quantitative estimate of drug-likeness (QED) is 0.141. The number of H-pyrrole nitrogens is 1. The number of aryl methyl sites for hydroxylation is 2. The van der Waals surface area contributed by atoms with Crippen molar-refractivity contribution in [3.05, 3.63) is 104 Å². The Morgan fingerprint density at radius 2 is 1.62 bits per heavy atom. The number of nitrogens with one attached hydrogen (secondary N) is 1. The number of para-hydroxylation sites is 1. The number of benzene rings is 3. The number of pyridine rings is 2. The normalized spacial score (nSPS) is 11.7. The fourth-order valence-electron chi connectivity index (χ4n) is 4.37. The standard InChI is InChI=1S/C13H11NO5.C10H7NO3.C7H9NO3S/c1-2-14-5-8(13(16)17)12(15)7-3-10-11(4-9(7)14)19-6-18-10;12-9-5-8(10(13)14)11-7-4-2-1-3-6(7)9;1-5-2-3-6(8)7(4-5)12(9,10)11/h3-5H,2,6H2,1H3,(H,16,17);1-5H,(H,11,12)(H,13,14);2-4H,8H2,1H3,(H,9,10,11). The Bertz CT molecular complexity index is 2190. The highest BCUT2D eigenvalue weighted by molar-refractivity contribution is 7.86. The van der Waals surface area contributed by atoms with Gasteiger partial charge in [0.1, 0.15) is 16.2 Å². The van der Waals surface area contributed by atoms with Crippen molar-refractivity contribution in [2.45, 2.75) is 25.3 Å². The zero-order valence-corrected chi connectivity index (χ0v) is 24.6. The van der Waals surface area contributed by atoms with Crippen LogP contribution in [-0.2, 0) is 16.7 Å². The second kappa shape index (κ2) is 12.9. The molecule has 45 heavy (non-hydrogen) atoms. The molecule has 6 rings (SSSR count). The first kappa shape index (κ1) is 32.2. The molecule has 234 valence electrons. The van der Waals surface area contributed by atoms with Gasteiger partial charge in [0.15, 0.2) is 16.9 Å². The number of ether oxygens (including phenoxy) is 2. The van der Waals surface area contributed by atoms with Crippen molar-refractivity contribution in [1.29, 1.82) is 0 Å². The lowest BCUT2D eigenvalue weighted by Crippen LogP contribution is -2.18. The third-order valence-corrected chi connectivity index (χ3v) is 7.47. The van der Waals surface area contributed by atoms with E-state index in [1.165, 1.54) is 18.3 Å². The molecule has 0 amide bonds. The number of aromatic nitrogens is 2. The second-order valence-electron chi connectivity index (χ2n) is 9.60. The van der Waals surface area contributed by atoms with Gasteiger partial charge in [0.05, 0.1) is 16.6 Å². The molecular weight excluding hydrogens is 610 g/mol. The predicted octanol–water partition coefficient (Wildman–Crippen LogP) is 3.50. The van der Waals surface area contributed by atoms with E-state index in [1.807, 2.05) is 6.92 Å². The zero-order valence-electron chi connectivity index (χ0n) is 23.8. The third-order valence-electron chi connectivity index (χ3n) is 6.56. The molecule has 0 spiro atoms. The molecule has 0 atom stereocenters. The van der Waals surface area contributed by atoms with Gasteiger partial charge in [-0.3, -0.25) is 14.1 Å². The van der Waals surface area contributed by atoms with Gasteiger partial charge in [0.2, 0.25) is 12.2 Å². The molecule has 15 heteroatoms. The van der Waals surface area contributed by atoms with Crippen molar-refractivity contribution in [1.82, 2.24) is 9.55 Å². The second-order valence-corrected chi connectivity index (χ2v) is 11.0. The highest BCUT2D eigenvalue weighted by Crippen LogP contribution is 2.35. The molecule has 3 aromatic carbocycles. The van der Waals surface area contributed by atoms with Crippen LogP contribution < -0.4 is 26.1 Å². The van der Waals surface area contributed by atoms with Gasteiger partial charge in [0.25, 0.3) is 10.1 Å². The van der Waals surface area contributed by atoms with Crippen LogP contribution in [0.15, 0.2) is 81.3 Å². The number of anilines is 1. The van der Waals surface area contributed by atoms with Crippen LogP contribution in [0.1, 0.15) is 33.3 Å². The van der Waals surface area contributed by atoms with Gasteiger partial charge >= 0.3 is 11.9 Å². The average Bonchev–Trinajstić information content (AvgIpc) is 3.45. The topological polar surface area (TPSA) is 228 Å². The summed E-state index contributed by atoms with van der Waals surface area (Å²) in [7, 11) is -4.18. The van der Waals surface area contributed by atoms with Crippen LogP contribution in [0.2, 0.25) is 0 Å². The van der Waals surface area contributed by atoms with Crippen LogP contribution in [0.25, 0.3) is 21.8 Å². The first-order chi connectivity index (χ1) is 21.2. The summed E-state index contributed by atoms with van der Waals surface area (Å²) >= 11 is 0. The van der Waals surface area contributed by atoms with Crippen LogP contribution >= 0.6 is 0 Å². The summed E-state index contributed by atoms with van der Waals surface area (Å²) in [6.07, 6.45) is 1.36. The highest BCUT2D eigenvalue weighted by Gasteiger charge is 2.20. The van der Waals surface area contributed by atoms with E-state index in [0.29, 0.717) is 39.8 Å². The summed E-state index contributed by atoms with van der Waals surface area (Å²) in [5.41, 5.74) is 6.19. The Hall–Kier alpha value is -5.67. The summed E-state index contributed by atoms with van der Waals surface area (Å²) in [5, 5.41) is 18.6. The van der Waals surface area contributed by atoms with Gasteiger partial charge in [-0.05, 0) is 49.7 Å². The fraction of sp³-hybridized carbons (Fsp3) is 0.133. The molecule has 3 heterocycles. The summed E-state index contributed by atoms with van der Waals surface area (Å²) in [5.74, 6) is -1.33. The molecule has 0 saturated heterocycles. The minimum atomic E-state index is -4.18. The molecular formula is C30H27N3O11S. The predicted molar refractivity (Wildman–Crippen MR) is 164 cm³/mol. The Balaban J connectivity index is 0.000000159. The van der Waals surface area contributed by atoms with Gasteiger partial charge in [-0.25, -0.2) is 9.59 Å². The Morgan fingerprint density at radius 3 is 2.22 bits per heavy atom. The van der Waals surface area contributed by atoms with Gasteiger partial charge in [0, 0.05) is 35.8 Å². The summed E-state index contributed by atoms with van der Waals surface area (Å²) in [6.45, 7) is 4.25. The maximum absolute atomic E-state index is 12.1. The van der Waals surface area contributed by atoms with E-state index in [4.69, 9.17) is 30.0 Å². The van der Waals surface area contributed by atoms with Crippen LogP contribution in [-0.4, -0.2) is 51.5 Å². The van der Waals surface area contributed by atoms with E-state index in [1.54, 1.807) is 54.0 Å². The van der Waals surface area contributed by atoms with Gasteiger partial charge in [-0.1, -0.05) is 18.2 Å². The number of nitrogens with zero attached hydrogens (tertiary/aromatic N) is 1. The number of rotatable bonds is 4. The minimum Gasteiger partial charge on any atom is -0.477 e.